The lowest BCUT2D eigenvalue weighted by atomic mass is 10.00. The Morgan fingerprint density at radius 1 is 1.00 bits per heavy atom. The third-order valence-corrected chi connectivity index (χ3v) is 4.99. The summed E-state index contributed by atoms with van der Waals surface area (Å²) in [6, 6.07) is 0.650. The number of rotatable bonds is 5. The molecule has 0 bridgehead atoms. The van der Waals surface area contributed by atoms with Crippen LogP contribution in [0.4, 0.5) is 4.79 Å². The highest BCUT2D eigenvalue weighted by Crippen LogP contribution is 2.19. The summed E-state index contributed by atoms with van der Waals surface area (Å²) in [5.41, 5.74) is 0. The number of piperidine rings is 1. The quantitative estimate of drug-likeness (QED) is 0.775. The Morgan fingerprint density at radius 3 is 2.35 bits per heavy atom. The van der Waals surface area contributed by atoms with Gasteiger partial charge in [0.2, 0.25) is 5.91 Å². The second-order valence-corrected chi connectivity index (χ2v) is 6.41. The fourth-order valence-electron chi connectivity index (χ4n) is 3.57. The summed E-state index contributed by atoms with van der Waals surface area (Å²) in [5, 5.41) is 0. The van der Waals surface area contributed by atoms with E-state index in [0.717, 1.165) is 13.1 Å². The van der Waals surface area contributed by atoms with Crippen molar-refractivity contribution in [3.8, 4) is 0 Å². The van der Waals surface area contributed by atoms with Gasteiger partial charge in [-0.05, 0) is 32.7 Å². The van der Waals surface area contributed by atoms with Crippen LogP contribution >= 0.6 is 0 Å². The molecule has 0 radical (unpaired) electrons. The van der Waals surface area contributed by atoms with E-state index in [1.54, 1.807) is 4.90 Å². The van der Waals surface area contributed by atoms with E-state index in [-0.39, 0.29) is 12.0 Å². The van der Waals surface area contributed by atoms with Crippen molar-refractivity contribution in [3.63, 3.8) is 0 Å². The highest BCUT2D eigenvalue weighted by molar-refractivity contribution is 5.77. The van der Waals surface area contributed by atoms with Gasteiger partial charge in [-0.3, -0.25) is 9.69 Å². The van der Waals surface area contributed by atoms with Crippen molar-refractivity contribution in [1.29, 1.82) is 0 Å². The molecule has 6 nitrogen and oxygen atoms in total. The molecule has 0 aromatic rings. The summed E-state index contributed by atoms with van der Waals surface area (Å²) in [6.45, 7) is 8.83. The first-order valence-corrected chi connectivity index (χ1v) is 9.09. The SMILES string of the molecule is CCOC(=O)N1CCN(C(=O)CCN2CCCCC2CC)CC1. The van der Waals surface area contributed by atoms with Crippen molar-refractivity contribution >= 4 is 12.0 Å². The van der Waals surface area contributed by atoms with Crippen LogP contribution in [0.3, 0.4) is 0 Å². The first kappa shape index (κ1) is 18.0. The van der Waals surface area contributed by atoms with E-state index in [1.165, 1.54) is 25.7 Å². The zero-order chi connectivity index (χ0) is 16.7. The van der Waals surface area contributed by atoms with Crippen molar-refractivity contribution in [3.05, 3.63) is 0 Å². The summed E-state index contributed by atoms with van der Waals surface area (Å²) in [5.74, 6) is 0.217. The van der Waals surface area contributed by atoms with E-state index >= 15 is 0 Å². The van der Waals surface area contributed by atoms with E-state index in [1.807, 2.05) is 11.8 Å². The Hall–Kier alpha value is -1.30. The standard InChI is InChI=1S/C17H31N3O3/c1-3-15-7-5-6-9-18(15)10-8-16(21)19-11-13-20(14-12-19)17(22)23-4-2/h15H,3-14H2,1-2H3. The van der Waals surface area contributed by atoms with Crippen LogP contribution in [0.2, 0.25) is 0 Å². The van der Waals surface area contributed by atoms with E-state index in [2.05, 4.69) is 11.8 Å². The van der Waals surface area contributed by atoms with Crippen LogP contribution in [0, 0.1) is 0 Å². The number of likely N-dealkylation sites (tertiary alicyclic amines) is 1. The van der Waals surface area contributed by atoms with Gasteiger partial charge in [-0.15, -0.1) is 0 Å². The Morgan fingerprint density at radius 2 is 1.70 bits per heavy atom. The minimum absolute atomic E-state index is 0.217. The lowest BCUT2D eigenvalue weighted by Gasteiger charge is -2.37. The fraction of sp³-hybridized carbons (Fsp3) is 0.882. The Kier molecular flexibility index (Phi) is 7.15. The van der Waals surface area contributed by atoms with Gasteiger partial charge in [0, 0.05) is 45.2 Å². The van der Waals surface area contributed by atoms with Crippen molar-refractivity contribution in [2.45, 2.75) is 52.0 Å². The Bertz CT molecular complexity index is 395. The second kappa shape index (κ2) is 9.11. The average molecular weight is 325 g/mol. The number of hydrogen-bond donors (Lipinski definition) is 0. The molecule has 0 saturated carbocycles. The predicted molar refractivity (Wildman–Crippen MR) is 89.3 cm³/mol. The number of ether oxygens (including phenoxy) is 1. The lowest BCUT2D eigenvalue weighted by molar-refractivity contribution is -0.133. The molecule has 0 aromatic carbocycles. The maximum Gasteiger partial charge on any atom is 0.409 e. The van der Waals surface area contributed by atoms with Crippen LogP contribution in [-0.2, 0) is 9.53 Å². The minimum atomic E-state index is -0.265. The minimum Gasteiger partial charge on any atom is -0.450 e. The number of nitrogens with zero attached hydrogens (tertiary/aromatic N) is 3. The van der Waals surface area contributed by atoms with Crippen LogP contribution in [0.1, 0.15) is 46.0 Å². The van der Waals surface area contributed by atoms with Gasteiger partial charge in [0.1, 0.15) is 0 Å². The largest absolute Gasteiger partial charge is 0.450 e. The van der Waals surface area contributed by atoms with Crippen molar-refractivity contribution in [1.82, 2.24) is 14.7 Å². The lowest BCUT2D eigenvalue weighted by Crippen LogP contribution is -2.51. The summed E-state index contributed by atoms with van der Waals surface area (Å²) < 4.78 is 5.00. The van der Waals surface area contributed by atoms with Gasteiger partial charge in [-0.25, -0.2) is 4.79 Å². The fourth-order valence-corrected chi connectivity index (χ4v) is 3.57. The Balaban J connectivity index is 1.71. The van der Waals surface area contributed by atoms with Crippen molar-refractivity contribution < 1.29 is 14.3 Å². The number of hydrogen-bond acceptors (Lipinski definition) is 4. The zero-order valence-electron chi connectivity index (χ0n) is 14.6. The maximum absolute atomic E-state index is 12.4. The van der Waals surface area contributed by atoms with E-state index in [0.29, 0.717) is 45.2 Å². The molecule has 6 heteroatoms. The number of piperazine rings is 1. The molecule has 132 valence electrons. The number of carbonyl (C=O) groups is 2. The van der Waals surface area contributed by atoms with Crippen LogP contribution in [-0.4, -0.2) is 78.6 Å². The highest BCUT2D eigenvalue weighted by Gasteiger charge is 2.26. The summed E-state index contributed by atoms with van der Waals surface area (Å²) >= 11 is 0. The Labute approximate surface area is 139 Å². The normalized spacial score (nSPS) is 23.0. The molecule has 2 saturated heterocycles. The van der Waals surface area contributed by atoms with E-state index in [9.17, 15) is 9.59 Å². The van der Waals surface area contributed by atoms with Crippen LogP contribution < -0.4 is 0 Å². The molecule has 0 N–H and O–H groups in total. The first-order valence-electron chi connectivity index (χ1n) is 9.09. The molecule has 23 heavy (non-hydrogen) atoms. The molecule has 1 atom stereocenters. The zero-order valence-corrected chi connectivity index (χ0v) is 14.6. The third-order valence-electron chi connectivity index (χ3n) is 4.99. The molecule has 2 amide bonds. The third kappa shape index (κ3) is 5.09. The second-order valence-electron chi connectivity index (χ2n) is 6.41. The molecule has 2 fully saturated rings. The van der Waals surface area contributed by atoms with Crippen molar-refractivity contribution in [2.24, 2.45) is 0 Å². The topological polar surface area (TPSA) is 53.1 Å². The summed E-state index contributed by atoms with van der Waals surface area (Å²) in [4.78, 5) is 30.1. The molecule has 1 unspecified atom stereocenters. The summed E-state index contributed by atoms with van der Waals surface area (Å²) in [6.07, 6.45) is 5.34. The molecule has 2 rings (SSSR count). The number of carbonyl (C=O) groups excluding carboxylic acids is 2. The van der Waals surface area contributed by atoms with E-state index in [4.69, 9.17) is 4.74 Å². The molecule has 0 aliphatic carbocycles. The van der Waals surface area contributed by atoms with Gasteiger partial charge in [-0.1, -0.05) is 13.3 Å². The van der Waals surface area contributed by atoms with Gasteiger partial charge in [0.15, 0.2) is 0 Å². The van der Waals surface area contributed by atoms with Gasteiger partial charge in [-0.2, -0.15) is 0 Å². The monoisotopic (exact) mass is 325 g/mol. The summed E-state index contributed by atoms with van der Waals surface area (Å²) in [7, 11) is 0. The van der Waals surface area contributed by atoms with Crippen molar-refractivity contribution in [2.75, 3.05) is 45.9 Å². The molecular formula is C17H31N3O3. The smallest absolute Gasteiger partial charge is 0.409 e. The highest BCUT2D eigenvalue weighted by atomic mass is 16.6. The van der Waals surface area contributed by atoms with Gasteiger partial charge in [0.25, 0.3) is 0 Å². The van der Waals surface area contributed by atoms with Crippen LogP contribution in [0.25, 0.3) is 0 Å². The van der Waals surface area contributed by atoms with Gasteiger partial charge in [0.05, 0.1) is 6.61 Å². The molecule has 2 aliphatic rings. The molecular weight excluding hydrogens is 294 g/mol. The number of amides is 2. The average Bonchev–Trinajstić information content (AvgIpc) is 2.60. The molecule has 2 heterocycles. The van der Waals surface area contributed by atoms with Gasteiger partial charge >= 0.3 is 6.09 Å². The van der Waals surface area contributed by atoms with Gasteiger partial charge < -0.3 is 14.5 Å². The van der Waals surface area contributed by atoms with Crippen LogP contribution in [0.15, 0.2) is 0 Å². The molecule has 0 spiro atoms. The molecule has 0 aromatic heterocycles. The first-order chi connectivity index (χ1) is 11.2. The predicted octanol–water partition coefficient (Wildman–Crippen LogP) is 1.94. The molecule has 2 aliphatic heterocycles. The van der Waals surface area contributed by atoms with E-state index < -0.39 is 0 Å². The van der Waals surface area contributed by atoms with Crippen LogP contribution in [0.5, 0.6) is 0 Å². The maximum atomic E-state index is 12.4.